The largest absolute Gasteiger partial charge is 0.497 e. The molecule has 148 valence electrons. The molecule has 1 heterocycles. The van der Waals surface area contributed by atoms with Gasteiger partial charge in [0.2, 0.25) is 0 Å². The molecule has 1 atom stereocenters. The Labute approximate surface area is 169 Å². The fraction of sp³-hybridized carbons (Fsp3) is 0.208. The molecule has 0 bridgehead atoms. The van der Waals surface area contributed by atoms with Gasteiger partial charge in [-0.1, -0.05) is 42.5 Å². The van der Waals surface area contributed by atoms with Crippen molar-refractivity contribution in [3.05, 3.63) is 71.8 Å². The second-order valence-corrected chi connectivity index (χ2v) is 6.73. The number of rotatable bonds is 4. The summed E-state index contributed by atoms with van der Waals surface area (Å²) in [5.74, 6) is 1.01. The van der Waals surface area contributed by atoms with Crippen molar-refractivity contribution in [1.29, 1.82) is 0 Å². The van der Waals surface area contributed by atoms with Gasteiger partial charge >= 0.3 is 5.97 Å². The van der Waals surface area contributed by atoms with E-state index in [9.17, 15) is 4.79 Å². The first-order valence-corrected chi connectivity index (χ1v) is 9.30. The van der Waals surface area contributed by atoms with Crippen LogP contribution in [0.15, 0.2) is 60.7 Å². The van der Waals surface area contributed by atoms with Crippen LogP contribution < -0.4 is 9.47 Å². The van der Waals surface area contributed by atoms with Crippen molar-refractivity contribution >= 4 is 5.97 Å². The number of benzene rings is 3. The molecule has 0 radical (unpaired) electrons. The normalized spacial score (nSPS) is 14.9. The molecule has 1 aliphatic rings. The van der Waals surface area contributed by atoms with E-state index in [1.807, 2.05) is 54.6 Å². The van der Waals surface area contributed by atoms with Crippen molar-refractivity contribution in [2.45, 2.75) is 12.7 Å². The molecule has 0 aromatic heterocycles. The zero-order valence-electron chi connectivity index (χ0n) is 16.6. The molecule has 0 saturated heterocycles. The van der Waals surface area contributed by atoms with E-state index in [0.29, 0.717) is 11.5 Å². The van der Waals surface area contributed by atoms with Crippen LogP contribution in [0.2, 0.25) is 0 Å². The number of hydrogen-bond donors (Lipinski definition) is 0. The van der Waals surface area contributed by atoms with Crippen LogP contribution in [0.1, 0.15) is 17.2 Å². The summed E-state index contributed by atoms with van der Waals surface area (Å²) < 4.78 is 21.9. The highest BCUT2D eigenvalue weighted by molar-refractivity contribution is 5.86. The van der Waals surface area contributed by atoms with Crippen molar-refractivity contribution in [2.75, 3.05) is 21.3 Å². The van der Waals surface area contributed by atoms with Gasteiger partial charge in [0.05, 0.1) is 27.9 Å². The van der Waals surface area contributed by atoms with Gasteiger partial charge in [-0.3, -0.25) is 0 Å². The highest BCUT2D eigenvalue weighted by atomic mass is 16.6. The summed E-state index contributed by atoms with van der Waals surface area (Å²) in [6.45, 7) is 0.277. The van der Waals surface area contributed by atoms with Crippen LogP contribution in [0.25, 0.3) is 22.3 Å². The van der Waals surface area contributed by atoms with Gasteiger partial charge < -0.3 is 18.9 Å². The Morgan fingerprint density at radius 3 is 2.21 bits per heavy atom. The fourth-order valence-electron chi connectivity index (χ4n) is 3.76. The second-order valence-electron chi connectivity index (χ2n) is 6.73. The number of esters is 1. The van der Waals surface area contributed by atoms with Crippen molar-refractivity contribution in [3.8, 4) is 33.8 Å². The highest BCUT2D eigenvalue weighted by Gasteiger charge is 2.30. The molecule has 0 fully saturated rings. The van der Waals surface area contributed by atoms with Gasteiger partial charge in [0, 0.05) is 6.07 Å². The van der Waals surface area contributed by atoms with E-state index in [0.717, 1.165) is 33.4 Å². The number of ether oxygens (including phenoxy) is 4. The average Bonchev–Trinajstić information content (AvgIpc) is 2.95. The molecule has 3 aromatic rings. The molecular formula is C24H22O5. The van der Waals surface area contributed by atoms with Crippen molar-refractivity contribution in [3.63, 3.8) is 0 Å². The van der Waals surface area contributed by atoms with Crippen LogP contribution in [0.3, 0.4) is 0 Å². The van der Waals surface area contributed by atoms with E-state index in [1.54, 1.807) is 14.2 Å². The van der Waals surface area contributed by atoms with E-state index >= 15 is 0 Å². The number of carbonyl (C=O) groups is 1. The van der Waals surface area contributed by atoms with E-state index in [2.05, 4.69) is 6.07 Å². The Hall–Kier alpha value is -3.31. The zero-order valence-corrected chi connectivity index (χ0v) is 16.6. The van der Waals surface area contributed by atoms with Crippen LogP contribution in [0.4, 0.5) is 0 Å². The predicted octanol–water partition coefficient (Wildman–Crippen LogP) is 4.78. The van der Waals surface area contributed by atoms with Crippen LogP contribution in [-0.4, -0.2) is 27.3 Å². The zero-order chi connectivity index (χ0) is 20.4. The molecule has 3 aromatic carbocycles. The molecule has 1 aliphatic heterocycles. The second kappa shape index (κ2) is 7.97. The maximum absolute atomic E-state index is 12.4. The number of methoxy groups -OCH3 is 3. The van der Waals surface area contributed by atoms with Gasteiger partial charge in [0.1, 0.15) is 11.5 Å². The van der Waals surface area contributed by atoms with Gasteiger partial charge in [-0.15, -0.1) is 0 Å². The Bertz CT molecular complexity index is 1030. The Kier molecular flexibility index (Phi) is 5.23. The summed E-state index contributed by atoms with van der Waals surface area (Å²) in [6.07, 6.45) is -0.767. The molecule has 0 saturated carbocycles. The van der Waals surface area contributed by atoms with Gasteiger partial charge in [-0.05, 0) is 45.5 Å². The SMILES string of the molecule is COC(=O)C1OCc2c(-c3cc(OC)cc(OC)c3)cccc2-c2ccccc21. The minimum Gasteiger partial charge on any atom is -0.497 e. The van der Waals surface area contributed by atoms with Crippen LogP contribution in [0, 0.1) is 0 Å². The maximum atomic E-state index is 12.4. The highest BCUT2D eigenvalue weighted by Crippen LogP contribution is 2.42. The predicted molar refractivity (Wildman–Crippen MR) is 110 cm³/mol. The first-order chi connectivity index (χ1) is 14.2. The molecule has 5 heteroatoms. The minimum atomic E-state index is -0.767. The summed E-state index contributed by atoms with van der Waals surface area (Å²) in [6, 6.07) is 19.7. The molecule has 0 amide bonds. The van der Waals surface area contributed by atoms with Crippen LogP contribution in [0.5, 0.6) is 11.5 Å². The molecule has 29 heavy (non-hydrogen) atoms. The third-order valence-corrected chi connectivity index (χ3v) is 5.18. The van der Waals surface area contributed by atoms with Crippen molar-refractivity contribution < 1.29 is 23.7 Å². The molecule has 0 aliphatic carbocycles. The van der Waals surface area contributed by atoms with E-state index in [4.69, 9.17) is 18.9 Å². The lowest BCUT2D eigenvalue weighted by Gasteiger charge is -2.15. The van der Waals surface area contributed by atoms with E-state index in [-0.39, 0.29) is 6.61 Å². The topological polar surface area (TPSA) is 54.0 Å². The molecule has 5 nitrogen and oxygen atoms in total. The number of fused-ring (bicyclic) bond motifs is 3. The Morgan fingerprint density at radius 1 is 0.862 bits per heavy atom. The first kappa shape index (κ1) is 19.0. The molecule has 0 spiro atoms. The summed E-state index contributed by atoms with van der Waals surface area (Å²) in [7, 11) is 4.63. The lowest BCUT2D eigenvalue weighted by atomic mass is 9.90. The third kappa shape index (κ3) is 3.45. The standard InChI is InChI=1S/C24H22O5/c1-26-16-11-15(12-17(13-16)27-2)18-9-6-10-20-19-7-4-5-8-21(19)23(24(25)28-3)29-14-22(18)20/h4-13,23H,14H2,1-3H3. The van der Waals surface area contributed by atoms with Gasteiger partial charge in [-0.25, -0.2) is 4.79 Å². The molecule has 4 rings (SSSR count). The van der Waals surface area contributed by atoms with Gasteiger partial charge in [0.15, 0.2) is 6.10 Å². The quantitative estimate of drug-likeness (QED) is 0.600. The third-order valence-electron chi connectivity index (χ3n) is 5.18. The maximum Gasteiger partial charge on any atom is 0.339 e. The first-order valence-electron chi connectivity index (χ1n) is 9.30. The lowest BCUT2D eigenvalue weighted by molar-refractivity contribution is -0.155. The molecular weight excluding hydrogens is 368 g/mol. The summed E-state index contributed by atoms with van der Waals surface area (Å²) in [4.78, 5) is 12.4. The minimum absolute atomic E-state index is 0.277. The Morgan fingerprint density at radius 2 is 1.52 bits per heavy atom. The lowest BCUT2D eigenvalue weighted by Crippen LogP contribution is -2.17. The summed E-state index contributed by atoms with van der Waals surface area (Å²) in [5.41, 5.74) is 5.76. The van der Waals surface area contributed by atoms with E-state index < -0.39 is 12.1 Å². The van der Waals surface area contributed by atoms with Crippen LogP contribution in [-0.2, 0) is 20.9 Å². The number of carbonyl (C=O) groups excluding carboxylic acids is 1. The smallest absolute Gasteiger partial charge is 0.339 e. The van der Waals surface area contributed by atoms with Gasteiger partial charge in [0.25, 0.3) is 0 Å². The Balaban J connectivity index is 1.91. The van der Waals surface area contributed by atoms with Gasteiger partial charge in [-0.2, -0.15) is 0 Å². The van der Waals surface area contributed by atoms with Crippen LogP contribution >= 0.6 is 0 Å². The van der Waals surface area contributed by atoms with Crippen molar-refractivity contribution in [1.82, 2.24) is 0 Å². The summed E-state index contributed by atoms with van der Waals surface area (Å²) in [5, 5.41) is 0. The van der Waals surface area contributed by atoms with E-state index in [1.165, 1.54) is 7.11 Å². The number of hydrogen-bond acceptors (Lipinski definition) is 5. The monoisotopic (exact) mass is 390 g/mol. The molecule has 1 unspecified atom stereocenters. The molecule has 0 N–H and O–H groups in total. The summed E-state index contributed by atoms with van der Waals surface area (Å²) >= 11 is 0. The fourth-order valence-corrected chi connectivity index (χ4v) is 3.76. The van der Waals surface area contributed by atoms with Crippen molar-refractivity contribution in [2.24, 2.45) is 0 Å². The average molecular weight is 390 g/mol.